The Morgan fingerprint density at radius 2 is 1.56 bits per heavy atom. The van der Waals surface area contributed by atoms with E-state index in [2.05, 4.69) is 51.7 Å². The van der Waals surface area contributed by atoms with Crippen molar-refractivity contribution < 1.29 is 106 Å². The summed E-state index contributed by atoms with van der Waals surface area (Å²) < 4.78 is 77.9. The van der Waals surface area contributed by atoms with Crippen molar-refractivity contribution in [3.63, 3.8) is 0 Å². The third-order valence-electron chi connectivity index (χ3n) is 15.2. The molecular formula is C59H80N4O22S4. The number of Topliss-reactive ketones (excluding diaryl/α,β-unsaturated/α-hetero) is 1. The predicted octanol–water partition coefficient (Wildman–Crippen LogP) is 3.42. The lowest BCUT2D eigenvalue weighted by atomic mass is 9.73. The number of hydrogen-bond acceptors (Lipinski definition) is 28. The molecule has 8 N–H and O–H groups in total. The second-order valence-corrected chi connectivity index (χ2v) is 26.8. The number of rotatable bonds is 25. The predicted molar refractivity (Wildman–Crippen MR) is 330 cm³/mol. The second-order valence-electron chi connectivity index (χ2n) is 21.4. The monoisotopic (exact) mass is 1320 g/mol. The van der Waals surface area contributed by atoms with Gasteiger partial charge in [0.2, 0.25) is 5.78 Å². The van der Waals surface area contributed by atoms with Crippen molar-refractivity contribution in [3.8, 4) is 35.2 Å². The average Bonchev–Trinajstić information content (AvgIpc) is 0.971. The molecule has 30 heteroatoms. The van der Waals surface area contributed by atoms with Crippen LogP contribution >= 0.6 is 43.2 Å². The Balaban J connectivity index is 1.27. The zero-order chi connectivity index (χ0) is 64.9. The molecule has 2 bridgehead atoms. The van der Waals surface area contributed by atoms with Gasteiger partial charge in [0.1, 0.15) is 30.5 Å². The molecule has 4 aliphatic heterocycles. The number of esters is 1. The van der Waals surface area contributed by atoms with Crippen LogP contribution in [0.15, 0.2) is 59.5 Å². The maximum Gasteiger partial charge on any atom is 0.411 e. The Labute approximate surface area is 533 Å². The van der Waals surface area contributed by atoms with E-state index in [1.807, 2.05) is 33.3 Å². The van der Waals surface area contributed by atoms with Crippen molar-refractivity contribution in [2.75, 3.05) is 65.7 Å². The fourth-order valence-corrected chi connectivity index (χ4v) is 14.1. The van der Waals surface area contributed by atoms with Gasteiger partial charge in [-0.15, -0.1) is 0 Å². The first-order valence-corrected chi connectivity index (χ1v) is 33.8. The van der Waals surface area contributed by atoms with Gasteiger partial charge in [-0.25, -0.2) is 9.59 Å². The number of thioether (sulfide) groups is 1. The molecule has 2 aliphatic carbocycles. The summed E-state index contributed by atoms with van der Waals surface area (Å²) in [5.41, 5.74) is -0.949. The lowest BCUT2D eigenvalue weighted by molar-refractivity contribution is -0.336. The number of ketones is 1. The highest BCUT2D eigenvalue weighted by molar-refractivity contribution is 9.09. The normalized spacial score (nSPS) is 34.4. The first kappa shape index (κ1) is 71.8. The number of amides is 2. The molecule has 89 heavy (non-hydrogen) atoms. The fraction of sp³-hybridized carbons (Fsp3) is 0.627. The maximum atomic E-state index is 15.6. The summed E-state index contributed by atoms with van der Waals surface area (Å²) in [6.45, 7) is 12.6. The first-order chi connectivity index (χ1) is 42.5. The summed E-state index contributed by atoms with van der Waals surface area (Å²) in [5.74, 6) is 8.60. The molecule has 0 spiro atoms. The number of methoxy groups -OCH3 is 5. The molecule has 492 valence electrons. The van der Waals surface area contributed by atoms with Crippen LogP contribution in [-0.4, -0.2) is 226 Å². The summed E-state index contributed by atoms with van der Waals surface area (Å²) in [7, 11) is 10.8. The Kier molecular flexibility index (Phi) is 26.9. The van der Waals surface area contributed by atoms with E-state index < -0.39 is 134 Å². The van der Waals surface area contributed by atoms with Gasteiger partial charge in [0.25, 0.3) is 5.91 Å². The molecule has 2 amide bonds. The molecule has 0 unspecified atom stereocenters. The topological polar surface area (TPSA) is 327 Å². The molecular weight excluding hydrogens is 1240 g/mol. The van der Waals surface area contributed by atoms with Crippen molar-refractivity contribution in [1.82, 2.24) is 16.1 Å². The van der Waals surface area contributed by atoms with Crippen LogP contribution in [0.1, 0.15) is 64.2 Å². The Bertz CT molecular complexity index is 2890. The highest BCUT2D eigenvalue weighted by Gasteiger charge is 2.57. The third-order valence-corrected chi connectivity index (χ3v) is 20.2. The smallest absolute Gasteiger partial charge is 0.411 e. The van der Waals surface area contributed by atoms with Gasteiger partial charge in [0, 0.05) is 61.4 Å². The molecule has 4 saturated heterocycles. The van der Waals surface area contributed by atoms with Crippen molar-refractivity contribution in [2.45, 2.75) is 175 Å². The van der Waals surface area contributed by atoms with E-state index in [1.54, 1.807) is 20.1 Å². The van der Waals surface area contributed by atoms with Crippen LogP contribution < -0.4 is 30.9 Å². The lowest BCUT2D eigenvalue weighted by Crippen LogP contribution is -2.65. The van der Waals surface area contributed by atoms with Gasteiger partial charge in [-0.1, -0.05) is 71.8 Å². The minimum absolute atomic E-state index is 0.0843. The van der Waals surface area contributed by atoms with Crippen molar-refractivity contribution in [2.24, 2.45) is 0 Å². The highest BCUT2D eigenvalue weighted by atomic mass is 33.5. The fourth-order valence-electron chi connectivity index (χ4n) is 10.8. The zero-order valence-corrected chi connectivity index (χ0v) is 54.6. The van der Waals surface area contributed by atoms with Crippen LogP contribution in [0.4, 0.5) is 10.5 Å². The second kappa shape index (κ2) is 33.3. The number of ether oxygens (including phenoxy) is 13. The van der Waals surface area contributed by atoms with E-state index >= 15 is 4.79 Å². The molecule has 1 aromatic rings. The van der Waals surface area contributed by atoms with E-state index in [9.17, 15) is 34.8 Å². The van der Waals surface area contributed by atoms with Gasteiger partial charge in [-0.2, -0.15) is 17.2 Å². The van der Waals surface area contributed by atoms with Crippen LogP contribution in [0.3, 0.4) is 0 Å². The molecule has 1 aromatic carbocycles. The molecule has 26 nitrogen and oxygen atoms in total. The van der Waals surface area contributed by atoms with Crippen molar-refractivity contribution >= 4 is 72.6 Å². The molecule has 0 saturated carbocycles. The number of hydrogen-bond donors (Lipinski definition) is 8. The van der Waals surface area contributed by atoms with Gasteiger partial charge in [-0.3, -0.25) is 19.7 Å². The van der Waals surface area contributed by atoms with Gasteiger partial charge < -0.3 is 92.6 Å². The van der Waals surface area contributed by atoms with E-state index in [-0.39, 0.29) is 88.3 Å². The number of fused-ring (bicyclic) bond motifs is 2. The largest absolute Gasteiger partial charge is 0.493 e. The van der Waals surface area contributed by atoms with E-state index in [4.69, 9.17) is 66.4 Å². The maximum absolute atomic E-state index is 15.6. The standard InChI is InChI=1S/C59H80N4O22S4/c1-28(2)60-36-27-77-43(25-39(36)73-8)83-52-50(66)47(63-85-45-24-37(64)53(86-12)31(5)79-45)29(3)80-57(52)82-38-18-16-14-15-17-20-59(71)34(19-21-88-89-87-13)46(38)48(62-58(70)76-11)51(67)54(59)84-44-26-42(49(65)30(4)78-44)81-56(69)33-22-40(74-9)41(75-10)23-35(33)61-55(68)32(6)72-7/h14-15,19,22-23,28-31,36-39,42-45,47,49-50,52-54,57,60,63-66,71H,6,21,24-27H2,1-5,7-13H3,(H,61,68)(H,62,70)/b15-14+,34-19+/t29-,30+,31-,36+,37+,38-,39+,42+,43+,44+,45+,47-,49-,50+,52-,53-,54-,57+,59-/m1/s1. The third kappa shape index (κ3) is 17.6. The molecule has 6 aliphatic rings. The Hall–Kier alpha value is -4.62. The molecule has 7 rings (SSSR count). The molecule has 19 atom stereocenters. The van der Waals surface area contributed by atoms with Crippen LogP contribution in [0.25, 0.3) is 0 Å². The van der Waals surface area contributed by atoms with Crippen molar-refractivity contribution in [1.29, 1.82) is 0 Å². The van der Waals surface area contributed by atoms with Gasteiger partial charge in [0.15, 0.2) is 54.1 Å². The first-order valence-electron chi connectivity index (χ1n) is 28.4. The number of aliphatic hydroxyl groups is 4. The number of allylic oxidation sites excluding steroid dienone is 2. The SMILES string of the molecule is C=C(OC)C(=O)Nc1cc(OC)c(OC)cc1C(=O)O[C@H]1C[C@H](O[C@@H]2C(=O)C(NC(=O)OC)=C3/C(=C\CSSSC)[C@]2(O)C#C/C=C/C#C[C@H]3O[C@@H]2O[C@H](C)[C@@H](NO[C@H]3C[C@H](O)[C@H](SC)[C@@H](C)O3)[C@H](O)[C@H]2O[C@H]2C[C@H](OC)[C@@H](NC(C)C)CO2)O[C@@H](C)[C@H]1O. The highest BCUT2D eigenvalue weighted by Crippen LogP contribution is 2.44. The van der Waals surface area contributed by atoms with Crippen LogP contribution in [-0.2, 0) is 66.5 Å². The summed E-state index contributed by atoms with van der Waals surface area (Å²) in [6, 6.07) is 1.39. The summed E-state index contributed by atoms with van der Waals surface area (Å²) >= 11 is 1.47. The van der Waals surface area contributed by atoms with Gasteiger partial charge in [-0.05, 0) is 55.3 Å². The lowest BCUT2D eigenvalue weighted by Gasteiger charge is -2.47. The minimum atomic E-state index is -2.66. The molecule has 4 heterocycles. The number of alkyl carbamates (subject to hydrolysis) is 1. The van der Waals surface area contributed by atoms with Crippen LogP contribution in [0.2, 0.25) is 0 Å². The average molecular weight is 1330 g/mol. The summed E-state index contributed by atoms with van der Waals surface area (Å²) in [4.78, 5) is 62.5. The number of hydroxylamine groups is 1. The molecule has 0 aromatic heterocycles. The number of aliphatic hydroxyl groups excluding tert-OH is 3. The van der Waals surface area contributed by atoms with E-state index in [0.717, 1.165) is 7.11 Å². The number of benzene rings is 1. The number of anilines is 1. The zero-order valence-electron chi connectivity index (χ0n) is 51.4. The van der Waals surface area contributed by atoms with Crippen LogP contribution in [0.5, 0.6) is 11.5 Å². The number of nitrogens with one attached hydrogen (secondary N) is 4. The van der Waals surface area contributed by atoms with Gasteiger partial charge >= 0.3 is 12.1 Å². The summed E-state index contributed by atoms with van der Waals surface area (Å²) in [6.07, 6.45) is -11.7. The molecule has 4 fully saturated rings. The number of carbonyl (C=O) groups excluding carboxylic acids is 4. The van der Waals surface area contributed by atoms with Crippen LogP contribution in [0, 0.1) is 23.7 Å². The van der Waals surface area contributed by atoms with E-state index in [0.29, 0.717) is 0 Å². The number of carbonyl (C=O) groups is 4. The quantitative estimate of drug-likeness (QED) is 0.0132. The summed E-state index contributed by atoms with van der Waals surface area (Å²) in [5, 5.41) is 56.8. The molecule has 0 radical (unpaired) electrons. The van der Waals surface area contributed by atoms with Gasteiger partial charge in [0.05, 0.1) is 99.8 Å². The van der Waals surface area contributed by atoms with E-state index in [1.165, 1.54) is 95.7 Å². The Morgan fingerprint density at radius 1 is 0.854 bits per heavy atom. The Morgan fingerprint density at radius 3 is 2.22 bits per heavy atom. The van der Waals surface area contributed by atoms with Crippen molar-refractivity contribution in [3.05, 3.63) is 65.1 Å². The minimum Gasteiger partial charge on any atom is -0.493 e.